The summed E-state index contributed by atoms with van der Waals surface area (Å²) >= 11 is 0. The summed E-state index contributed by atoms with van der Waals surface area (Å²) < 4.78 is 4.62. The first kappa shape index (κ1) is 15.7. The molecule has 1 saturated heterocycles. The van der Waals surface area contributed by atoms with Crippen LogP contribution in [0.2, 0.25) is 0 Å². The molecular formula is C8H15N3O8. The summed E-state index contributed by atoms with van der Waals surface area (Å²) in [5.41, 5.74) is -2.72. The Kier molecular flexibility index (Phi) is 4.73. The molecule has 1 aliphatic rings. The van der Waals surface area contributed by atoms with Crippen molar-refractivity contribution >= 4 is 6.03 Å². The summed E-state index contributed by atoms with van der Waals surface area (Å²) in [5.74, 6) is 0. The lowest BCUT2D eigenvalue weighted by atomic mass is 9.92. The molecule has 0 aromatic rings. The van der Waals surface area contributed by atoms with Crippen molar-refractivity contribution in [3.05, 3.63) is 4.91 Å². The lowest BCUT2D eigenvalue weighted by molar-refractivity contribution is -0.326. The van der Waals surface area contributed by atoms with Gasteiger partial charge in [-0.3, -0.25) is 0 Å². The Balaban J connectivity index is 2.96. The molecule has 0 bridgehead atoms. The molecule has 11 nitrogen and oxygen atoms in total. The van der Waals surface area contributed by atoms with Gasteiger partial charge in [-0.25, -0.2) is 4.79 Å². The van der Waals surface area contributed by atoms with E-state index in [1.54, 1.807) is 5.32 Å². The maximum atomic E-state index is 11.4. The van der Waals surface area contributed by atoms with E-state index in [4.69, 9.17) is 5.11 Å². The summed E-state index contributed by atoms with van der Waals surface area (Å²) in [6.07, 6.45) is -7.45. The number of carbonyl (C=O) groups excluding carboxylic acids is 1. The molecular weight excluding hydrogens is 266 g/mol. The minimum absolute atomic E-state index is 0.257. The Morgan fingerprint density at radius 1 is 1.42 bits per heavy atom. The van der Waals surface area contributed by atoms with Crippen LogP contribution in [0.1, 0.15) is 0 Å². The van der Waals surface area contributed by atoms with Crippen LogP contribution in [-0.2, 0) is 4.74 Å². The molecule has 1 heterocycles. The summed E-state index contributed by atoms with van der Waals surface area (Å²) in [6.45, 7) is -0.787. The van der Waals surface area contributed by atoms with Gasteiger partial charge in [-0.15, -0.1) is 4.91 Å². The van der Waals surface area contributed by atoms with E-state index >= 15 is 0 Å². The number of hydrogen-bond donors (Lipinski definition) is 6. The maximum Gasteiger partial charge on any atom is 0.342 e. The number of aliphatic hydroxyl groups is 5. The molecule has 0 aromatic heterocycles. The Morgan fingerprint density at radius 2 is 2.00 bits per heavy atom. The minimum atomic E-state index is -2.72. The normalized spacial score (nSPS) is 38.6. The first-order valence-corrected chi connectivity index (χ1v) is 5.20. The van der Waals surface area contributed by atoms with Gasteiger partial charge in [-0.1, -0.05) is 0 Å². The Hall–Kier alpha value is -1.37. The zero-order valence-electron chi connectivity index (χ0n) is 9.87. The molecule has 19 heavy (non-hydrogen) atoms. The van der Waals surface area contributed by atoms with E-state index in [1.807, 2.05) is 0 Å². The number of urea groups is 1. The predicted octanol–water partition coefficient (Wildman–Crippen LogP) is -3.57. The number of amides is 2. The van der Waals surface area contributed by atoms with Crippen LogP contribution in [-0.4, -0.2) is 80.6 Å². The Morgan fingerprint density at radius 3 is 2.47 bits per heavy atom. The molecule has 0 aliphatic carbocycles. The van der Waals surface area contributed by atoms with Crippen molar-refractivity contribution in [3.63, 3.8) is 0 Å². The van der Waals surface area contributed by atoms with Gasteiger partial charge in [0, 0.05) is 7.05 Å². The maximum absolute atomic E-state index is 11.4. The fraction of sp³-hybridized carbons (Fsp3) is 0.875. The predicted molar refractivity (Wildman–Crippen MR) is 57.0 cm³/mol. The summed E-state index contributed by atoms with van der Waals surface area (Å²) in [7, 11) is 0.962. The molecule has 110 valence electrons. The van der Waals surface area contributed by atoms with E-state index in [-0.39, 0.29) is 5.01 Å². The van der Waals surface area contributed by atoms with Gasteiger partial charge in [0.15, 0.2) is 18.1 Å². The Labute approximate surface area is 107 Å². The molecule has 1 unspecified atom stereocenters. The fourth-order valence-corrected chi connectivity index (χ4v) is 1.58. The Bertz CT molecular complexity index is 355. The number of ether oxygens (including phenoxy) is 1. The smallest absolute Gasteiger partial charge is 0.342 e. The molecule has 0 spiro atoms. The van der Waals surface area contributed by atoms with Crippen LogP contribution in [0.25, 0.3) is 0 Å². The molecule has 1 rings (SSSR count). The van der Waals surface area contributed by atoms with E-state index in [9.17, 15) is 30.1 Å². The summed E-state index contributed by atoms with van der Waals surface area (Å²) in [6, 6.07) is -1.23. The van der Waals surface area contributed by atoms with Crippen molar-refractivity contribution in [2.45, 2.75) is 30.3 Å². The molecule has 0 aromatic carbocycles. The van der Waals surface area contributed by atoms with Crippen molar-refractivity contribution in [1.82, 2.24) is 10.3 Å². The van der Waals surface area contributed by atoms with Crippen molar-refractivity contribution in [3.8, 4) is 0 Å². The van der Waals surface area contributed by atoms with E-state index < -0.39 is 43.0 Å². The zero-order chi connectivity index (χ0) is 14.8. The van der Waals surface area contributed by atoms with E-state index in [2.05, 4.69) is 10.0 Å². The molecule has 5 atom stereocenters. The van der Waals surface area contributed by atoms with Crippen LogP contribution in [0.3, 0.4) is 0 Å². The van der Waals surface area contributed by atoms with Crippen LogP contribution in [0.15, 0.2) is 5.29 Å². The standard InChI is InChI=1S/C8H15N3O8/c1-11(10-18)7(16)9-8(17)4(13)3(2-12)19-6(15)5(8)14/h3-6,12-15,17H,2H2,1H3,(H,9,16)/t3-,4-,5+,6?,8+/m1/s1. The van der Waals surface area contributed by atoms with Crippen molar-refractivity contribution in [2.24, 2.45) is 5.29 Å². The monoisotopic (exact) mass is 281 g/mol. The highest BCUT2D eigenvalue weighted by Crippen LogP contribution is 2.27. The molecule has 2 amide bonds. The van der Waals surface area contributed by atoms with Gasteiger partial charge in [0.05, 0.1) is 11.9 Å². The van der Waals surface area contributed by atoms with Crippen molar-refractivity contribution < 1.29 is 35.1 Å². The zero-order valence-corrected chi connectivity index (χ0v) is 9.87. The van der Waals surface area contributed by atoms with Gasteiger partial charge in [-0.05, 0) is 0 Å². The van der Waals surface area contributed by atoms with Gasteiger partial charge >= 0.3 is 6.03 Å². The van der Waals surface area contributed by atoms with Crippen molar-refractivity contribution in [2.75, 3.05) is 13.7 Å². The van der Waals surface area contributed by atoms with Gasteiger partial charge in [0.1, 0.15) is 12.2 Å². The topological polar surface area (TPSA) is 172 Å². The first-order valence-electron chi connectivity index (χ1n) is 5.20. The van der Waals surface area contributed by atoms with Crippen molar-refractivity contribution in [1.29, 1.82) is 0 Å². The van der Waals surface area contributed by atoms with Crippen LogP contribution >= 0.6 is 0 Å². The third-order valence-corrected chi connectivity index (χ3v) is 2.74. The van der Waals surface area contributed by atoms with Gasteiger partial charge in [0.2, 0.25) is 0 Å². The van der Waals surface area contributed by atoms with Gasteiger partial charge in [-0.2, -0.15) is 5.01 Å². The molecule has 0 saturated carbocycles. The minimum Gasteiger partial charge on any atom is -0.394 e. The number of nitrogens with one attached hydrogen (secondary N) is 1. The second-order valence-electron chi connectivity index (χ2n) is 4.00. The number of nitroso groups, excluding NO2 is 1. The highest BCUT2D eigenvalue weighted by molar-refractivity contribution is 5.74. The summed E-state index contributed by atoms with van der Waals surface area (Å²) in [4.78, 5) is 21.5. The molecule has 1 aliphatic heterocycles. The van der Waals surface area contributed by atoms with E-state index in [0.29, 0.717) is 0 Å². The molecule has 11 heteroatoms. The second kappa shape index (κ2) is 5.73. The number of carbonyl (C=O) groups is 1. The van der Waals surface area contributed by atoms with Crippen LogP contribution in [0.4, 0.5) is 4.79 Å². The second-order valence-corrected chi connectivity index (χ2v) is 4.00. The van der Waals surface area contributed by atoms with Gasteiger partial charge < -0.3 is 35.6 Å². The third kappa shape index (κ3) is 2.80. The van der Waals surface area contributed by atoms with Crippen LogP contribution in [0, 0.1) is 4.91 Å². The highest BCUT2D eigenvalue weighted by Gasteiger charge is 2.56. The molecule has 1 fully saturated rings. The number of hydrogen-bond acceptors (Lipinski definition) is 9. The average Bonchev–Trinajstić information content (AvgIpc) is 2.39. The lowest BCUT2D eigenvalue weighted by Crippen LogP contribution is -2.74. The number of nitrogens with zero attached hydrogens (tertiary/aromatic N) is 2. The SMILES string of the molecule is CN(N=O)C(=O)N[C@]1(O)[C@H](O)[C@@H](CO)OC(O)[C@@H]1O. The number of aliphatic hydroxyl groups excluding tert-OH is 4. The quantitative estimate of drug-likeness (QED) is 0.175. The number of rotatable bonds is 3. The average molecular weight is 281 g/mol. The van der Waals surface area contributed by atoms with E-state index in [1.165, 1.54) is 0 Å². The molecule has 0 radical (unpaired) electrons. The van der Waals surface area contributed by atoms with Crippen LogP contribution in [0.5, 0.6) is 0 Å². The summed E-state index contributed by atoms with van der Waals surface area (Å²) in [5, 5.41) is 51.8. The third-order valence-electron chi connectivity index (χ3n) is 2.74. The highest BCUT2D eigenvalue weighted by atomic mass is 16.6. The largest absolute Gasteiger partial charge is 0.394 e. The lowest BCUT2D eigenvalue weighted by Gasteiger charge is -2.46. The first-order chi connectivity index (χ1) is 8.77. The fourth-order valence-electron chi connectivity index (χ4n) is 1.58. The molecule has 6 N–H and O–H groups in total. The van der Waals surface area contributed by atoms with E-state index in [0.717, 1.165) is 7.05 Å². The van der Waals surface area contributed by atoms with Crippen LogP contribution < -0.4 is 5.32 Å². The van der Waals surface area contributed by atoms with Gasteiger partial charge in [0.25, 0.3) is 0 Å².